The fourth-order valence-corrected chi connectivity index (χ4v) is 1.40. The molecule has 0 bridgehead atoms. The minimum Gasteiger partial charge on any atom is -0.388 e. The van der Waals surface area contributed by atoms with E-state index in [2.05, 4.69) is 15.6 Å². The molecular weight excluding hydrogens is 232 g/mol. The van der Waals surface area contributed by atoms with Crippen LogP contribution in [0.1, 0.15) is 26.5 Å². The van der Waals surface area contributed by atoms with Gasteiger partial charge in [0.05, 0.1) is 24.4 Å². The summed E-state index contributed by atoms with van der Waals surface area (Å²) in [7, 11) is 1.67. The maximum atomic E-state index is 10.2. The maximum absolute atomic E-state index is 10.2. The van der Waals surface area contributed by atoms with E-state index in [0.29, 0.717) is 19.7 Å². The Morgan fingerprint density at radius 2 is 2.28 bits per heavy atom. The topological polar surface area (TPSA) is 72.2 Å². The van der Waals surface area contributed by atoms with Crippen molar-refractivity contribution < 1.29 is 9.84 Å². The highest BCUT2D eigenvalue weighted by Gasteiger charge is 2.25. The van der Waals surface area contributed by atoms with Gasteiger partial charge in [0.15, 0.2) is 0 Å². The highest BCUT2D eigenvalue weighted by Crippen LogP contribution is 2.17. The second-order valence-electron chi connectivity index (χ2n) is 5.09. The van der Waals surface area contributed by atoms with Crippen molar-refractivity contribution in [1.82, 2.24) is 20.3 Å². The molecular formula is C12H24N4O2. The van der Waals surface area contributed by atoms with Gasteiger partial charge in [0.1, 0.15) is 0 Å². The SMILES string of the molecule is COCCNCc1cn(CC(C)(O)C(C)C)nn1. The van der Waals surface area contributed by atoms with E-state index in [1.807, 2.05) is 27.0 Å². The molecule has 1 rings (SSSR count). The summed E-state index contributed by atoms with van der Waals surface area (Å²) in [5.74, 6) is 0.171. The van der Waals surface area contributed by atoms with Gasteiger partial charge in [0.25, 0.3) is 0 Å². The van der Waals surface area contributed by atoms with E-state index in [1.54, 1.807) is 11.8 Å². The fraction of sp³-hybridized carbons (Fsp3) is 0.833. The summed E-state index contributed by atoms with van der Waals surface area (Å²) in [6, 6.07) is 0. The average Bonchev–Trinajstić information content (AvgIpc) is 2.71. The summed E-state index contributed by atoms with van der Waals surface area (Å²) in [6.45, 7) is 8.37. The zero-order valence-corrected chi connectivity index (χ0v) is 11.7. The molecule has 1 atom stereocenters. The molecule has 0 saturated heterocycles. The number of aliphatic hydroxyl groups is 1. The monoisotopic (exact) mass is 256 g/mol. The summed E-state index contributed by atoms with van der Waals surface area (Å²) >= 11 is 0. The maximum Gasteiger partial charge on any atom is 0.0964 e. The molecule has 0 aliphatic rings. The van der Waals surface area contributed by atoms with Gasteiger partial charge < -0.3 is 15.2 Å². The third-order valence-corrected chi connectivity index (χ3v) is 3.10. The Labute approximate surface area is 108 Å². The van der Waals surface area contributed by atoms with Crippen molar-refractivity contribution in [2.45, 2.75) is 39.5 Å². The number of rotatable bonds is 8. The van der Waals surface area contributed by atoms with Crippen molar-refractivity contribution in [3.63, 3.8) is 0 Å². The lowest BCUT2D eigenvalue weighted by molar-refractivity contribution is -0.00611. The Kier molecular flexibility index (Phi) is 5.71. The van der Waals surface area contributed by atoms with Crippen LogP contribution in [0.25, 0.3) is 0 Å². The molecule has 104 valence electrons. The van der Waals surface area contributed by atoms with Crippen LogP contribution in [-0.2, 0) is 17.8 Å². The predicted octanol–water partition coefficient (Wildman–Crippen LogP) is 0.421. The second-order valence-corrected chi connectivity index (χ2v) is 5.09. The standard InChI is InChI=1S/C12H24N4O2/c1-10(2)12(3,17)9-16-8-11(14-15-16)7-13-5-6-18-4/h8,10,13,17H,5-7,9H2,1-4H3. The molecule has 1 aromatic rings. The first-order valence-electron chi connectivity index (χ1n) is 6.26. The number of aromatic nitrogens is 3. The van der Waals surface area contributed by atoms with Crippen LogP contribution >= 0.6 is 0 Å². The molecule has 1 unspecified atom stereocenters. The quantitative estimate of drug-likeness (QED) is 0.660. The molecule has 0 aromatic carbocycles. The zero-order valence-electron chi connectivity index (χ0n) is 11.7. The Balaban J connectivity index is 2.43. The molecule has 0 spiro atoms. The van der Waals surface area contributed by atoms with Gasteiger partial charge in [-0.1, -0.05) is 19.1 Å². The number of hydrogen-bond acceptors (Lipinski definition) is 5. The van der Waals surface area contributed by atoms with Crippen LogP contribution in [0.2, 0.25) is 0 Å². The van der Waals surface area contributed by atoms with Gasteiger partial charge in [0, 0.05) is 26.4 Å². The summed E-state index contributed by atoms with van der Waals surface area (Å²) in [4.78, 5) is 0. The van der Waals surface area contributed by atoms with Crippen molar-refractivity contribution in [3.05, 3.63) is 11.9 Å². The smallest absolute Gasteiger partial charge is 0.0964 e. The normalized spacial score (nSPS) is 15.0. The van der Waals surface area contributed by atoms with E-state index >= 15 is 0 Å². The van der Waals surface area contributed by atoms with Crippen LogP contribution in [0.15, 0.2) is 6.20 Å². The van der Waals surface area contributed by atoms with Gasteiger partial charge >= 0.3 is 0 Å². The van der Waals surface area contributed by atoms with Crippen molar-refractivity contribution in [3.8, 4) is 0 Å². The van der Waals surface area contributed by atoms with Crippen molar-refractivity contribution >= 4 is 0 Å². The van der Waals surface area contributed by atoms with Crippen LogP contribution in [-0.4, -0.2) is 46.0 Å². The van der Waals surface area contributed by atoms with Gasteiger partial charge in [0.2, 0.25) is 0 Å². The van der Waals surface area contributed by atoms with Crippen LogP contribution in [0.3, 0.4) is 0 Å². The molecule has 0 saturated carbocycles. The van der Waals surface area contributed by atoms with Crippen molar-refractivity contribution in [1.29, 1.82) is 0 Å². The molecule has 6 heteroatoms. The van der Waals surface area contributed by atoms with Gasteiger partial charge in [-0.15, -0.1) is 5.10 Å². The Hall–Kier alpha value is -0.980. The van der Waals surface area contributed by atoms with E-state index in [9.17, 15) is 5.11 Å². The number of nitrogens with one attached hydrogen (secondary N) is 1. The molecule has 2 N–H and O–H groups in total. The van der Waals surface area contributed by atoms with E-state index in [0.717, 1.165) is 12.2 Å². The van der Waals surface area contributed by atoms with Crippen LogP contribution in [0.4, 0.5) is 0 Å². The van der Waals surface area contributed by atoms with Crippen molar-refractivity contribution in [2.24, 2.45) is 5.92 Å². The lowest BCUT2D eigenvalue weighted by Crippen LogP contribution is -2.36. The van der Waals surface area contributed by atoms with Crippen molar-refractivity contribution in [2.75, 3.05) is 20.3 Å². The number of hydrogen-bond donors (Lipinski definition) is 2. The predicted molar refractivity (Wildman–Crippen MR) is 69.1 cm³/mol. The molecule has 0 amide bonds. The Morgan fingerprint density at radius 1 is 1.56 bits per heavy atom. The number of nitrogens with zero attached hydrogens (tertiary/aromatic N) is 3. The lowest BCUT2D eigenvalue weighted by atomic mass is 9.93. The van der Waals surface area contributed by atoms with Gasteiger partial charge in [-0.2, -0.15) is 0 Å². The fourth-order valence-electron chi connectivity index (χ4n) is 1.40. The lowest BCUT2D eigenvalue weighted by Gasteiger charge is -2.26. The third-order valence-electron chi connectivity index (χ3n) is 3.10. The molecule has 6 nitrogen and oxygen atoms in total. The summed E-state index contributed by atoms with van der Waals surface area (Å²) in [5, 5.41) is 21.5. The van der Waals surface area contributed by atoms with E-state index in [1.165, 1.54) is 0 Å². The molecule has 0 radical (unpaired) electrons. The molecule has 1 aromatic heterocycles. The third kappa shape index (κ3) is 4.72. The van der Waals surface area contributed by atoms with Gasteiger partial charge in [-0.25, -0.2) is 4.68 Å². The van der Waals surface area contributed by atoms with Crippen LogP contribution < -0.4 is 5.32 Å². The summed E-state index contributed by atoms with van der Waals surface area (Å²) in [6.07, 6.45) is 1.86. The highest BCUT2D eigenvalue weighted by molar-refractivity contribution is 4.92. The Bertz CT molecular complexity index is 350. The summed E-state index contributed by atoms with van der Waals surface area (Å²) < 4.78 is 6.63. The minimum absolute atomic E-state index is 0.171. The zero-order chi connectivity index (χ0) is 13.6. The summed E-state index contributed by atoms with van der Waals surface area (Å²) in [5.41, 5.74) is 0.0970. The first kappa shape index (κ1) is 15.1. The average molecular weight is 256 g/mol. The van der Waals surface area contributed by atoms with E-state index in [4.69, 9.17) is 4.74 Å². The number of ether oxygens (including phenoxy) is 1. The molecule has 18 heavy (non-hydrogen) atoms. The van der Waals surface area contributed by atoms with E-state index < -0.39 is 5.60 Å². The second kappa shape index (κ2) is 6.82. The van der Waals surface area contributed by atoms with E-state index in [-0.39, 0.29) is 5.92 Å². The molecule has 0 aliphatic heterocycles. The first-order chi connectivity index (χ1) is 8.45. The first-order valence-corrected chi connectivity index (χ1v) is 6.26. The molecule has 1 heterocycles. The van der Waals surface area contributed by atoms with Gasteiger partial charge in [-0.05, 0) is 12.8 Å². The minimum atomic E-state index is -0.769. The Morgan fingerprint density at radius 3 is 2.89 bits per heavy atom. The number of methoxy groups -OCH3 is 1. The van der Waals surface area contributed by atoms with Gasteiger partial charge in [-0.3, -0.25) is 0 Å². The molecule has 0 aliphatic carbocycles. The van der Waals surface area contributed by atoms with Crippen LogP contribution in [0, 0.1) is 5.92 Å². The van der Waals surface area contributed by atoms with Crippen LogP contribution in [0.5, 0.6) is 0 Å². The highest BCUT2D eigenvalue weighted by atomic mass is 16.5. The molecule has 0 fully saturated rings. The largest absolute Gasteiger partial charge is 0.388 e.